The van der Waals surface area contributed by atoms with E-state index in [4.69, 9.17) is 0 Å². The summed E-state index contributed by atoms with van der Waals surface area (Å²) in [5.74, 6) is -0.0574. The van der Waals surface area contributed by atoms with Gasteiger partial charge in [-0.15, -0.1) is 11.3 Å². The number of hydrogen-bond donors (Lipinski definition) is 2. The van der Waals surface area contributed by atoms with Gasteiger partial charge in [0.1, 0.15) is 0 Å². The molecule has 1 amide bonds. The van der Waals surface area contributed by atoms with Crippen molar-refractivity contribution in [1.82, 2.24) is 0 Å². The summed E-state index contributed by atoms with van der Waals surface area (Å²) < 4.78 is 0.965. The van der Waals surface area contributed by atoms with Crippen molar-refractivity contribution in [3.63, 3.8) is 0 Å². The van der Waals surface area contributed by atoms with Gasteiger partial charge in [0, 0.05) is 11.4 Å². The molecule has 6 heteroatoms. The second-order valence-electron chi connectivity index (χ2n) is 6.15. The largest absolute Gasteiger partial charge is 0.360 e. The molecule has 0 spiro atoms. The van der Waals surface area contributed by atoms with Crippen LogP contribution in [0, 0.1) is 6.92 Å². The second kappa shape index (κ2) is 7.68. The molecular weight excluding hydrogens is 386 g/mol. The first kappa shape index (κ1) is 17.5. The summed E-state index contributed by atoms with van der Waals surface area (Å²) in [6.07, 6.45) is 0. The number of benzene rings is 1. The Bertz CT molecular complexity index is 723. The number of nitrogens with one attached hydrogen (secondary N) is 2. The van der Waals surface area contributed by atoms with Crippen LogP contribution < -0.4 is 15.1 Å². The molecule has 3 rings (SSSR count). The molecule has 0 unspecified atom stereocenters. The van der Waals surface area contributed by atoms with Crippen LogP contribution in [-0.4, -0.2) is 38.6 Å². The van der Waals surface area contributed by atoms with E-state index in [1.54, 1.807) is 4.90 Å². The Kier molecular flexibility index (Phi) is 5.58. The molecule has 128 valence electrons. The van der Waals surface area contributed by atoms with Crippen LogP contribution >= 0.6 is 27.3 Å². The van der Waals surface area contributed by atoms with Gasteiger partial charge in [-0.05, 0) is 65.7 Å². The van der Waals surface area contributed by atoms with Gasteiger partial charge in [-0.3, -0.25) is 4.79 Å². The van der Waals surface area contributed by atoms with Crippen LogP contribution in [0.15, 0.2) is 34.1 Å². The average molecular weight is 409 g/mol. The molecule has 2 aromatic rings. The van der Waals surface area contributed by atoms with Crippen LogP contribution in [0.4, 0.5) is 11.4 Å². The average Bonchev–Trinajstić information content (AvgIpc) is 3.02. The summed E-state index contributed by atoms with van der Waals surface area (Å²) in [4.78, 5) is 17.1. The van der Waals surface area contributed by atoms with Crippen LogP contribution in [0.1, 0.15) is 22.2 Å². The number of carbonyl (C=O) groups excluding carboxylic acids is 1. The van der Waals surface area contributed by atoms with Crippen molar-refractivity contribution in [3.05, 3.63) is 44.6 Å². The fraction of sp³-hybridized carbons (Fsp3) is 0.389. The maximum atomic E-state index is 12.3. The minimum atomic E-state index is -0.0574. The maximum Gasteiger partial charge on any atom is 0.265 e. The molecule has 2 N–H and O–H groups in total. The predicted octanol–water partition coefficient (Wildman–Crippen LogP) is 2.80. The fourth-order valence-electron chi connectivity index (χ4n) is 3.13. The third-order valence-corrected chi connectivity index (χ3v) is 6.19. The van der Waals surface area contributed by atoms with E-state index < -0.39 is 0 Å². The number of hydrogen-bond acceptors (Lipinski definition) is 3. The third kappa shape index (κ3) is 3.99. The summed E-state index contributed by atoms with van der Waals surface area (Å²) in [6, 6.07) is 9.93. The maximum absolute atomic E-state index is 12.3. The van der Waals surface area contributed by atoms with Gasteiger partial charge in [0.05, 0.1) is 41.4 Å². The number of rotatable bonds is 4. The first-order valence-electron chi connectivity index (χ1n) is 8.32. The Morgan fingerprint density at radius 2 is 2.04 bits per heavy atom. The molecule has 1 saturated heterocycles. The van der Waals surface area contributed by atoms with Gasteiger partial charge in [0.25, 0.3) is 5.91 Å². The van der Waals surface area contributed by atoms with E-state index in [-0.39, 0.29) is 5.91 Å². The highest BCUT2D eigenvalue weighted by Crippen LogP contribution is 2.26. The van der Waals surface area contributed by atoms with E-state index in [1.165, 1.54) is 42.2 Å². The number of anilines is 2. The molecule has 1 aromatic heterocycles. The van der Waals surface area contributed by atoms with E-state index in [1.807, 2.05) is 18.2 Å². The van der Waals surface area contributed by atoms with Gasteiger partial charge < -0.3 is 15.1 Å². The van der Waals surface area contributed by atoms with Gasteiger partial charge in [0.2, 0.25) is 0 Å². The minimum Gasteiger partial charge on any atom is -0.360 e. The van der Waals surface area contributed by atoms with Gasteiger partial charge in [-0.25, -0.2) is 0 Å². The minimum absolute atomic E-state index is 0.0574. The Morgan fingerprint density at radius 1 is 1.29 bits per heavy atom. The first-order valence-corrected chi connectivity index (χ1v) is 9.93. The van der Waals surface area contributed by atoms with Crippen molar-refractivity contribution < 1.29 is 9.69 Å². The number of aryl methyl sites for hydroxylation is 1. The molecule has 0 aliphatic carbocycles. The number of amides is 1. The monoisotopic (exact) mass is 408 g/mol. The van der Waals surface area contributed by atoms with Crippen molar-refractivity contribution in [3.8, 4) is 0 Å². The lowest BCUT2D eigenvalue weighted by atomic mass is 10.1. The number of likely N-dealkylation sites (N-methyl/N-ethyl adjacent to an activating group) is 1. The second-order valence-corrected chi connectivity index (χ2v) is 8.61. The molecule has 1 aliphatic rings. The van der Waals surface area contributed by atoms with Crippen molar-refractivity contribution in [2.75, 3.05) is 42.9 Å². The number of carbonyl (C=O) groups is 1. The quantitative estimate of drug-likeness (QED) is 0.815. The van der Waals surface area contributed by atoms with Gasteiger partial charge >= 0.3 is 0 Å². The van der Waals surface area contributed by atoms with Crippen LogP contribution in [0.25, 0.3) is 0 Å². The van der Waals surface area contributed by atoms with E-state index in [0.29, 0.717) is 4.88 Å². The molecule has 0 radical (unpaired) electrons. The summed E-state index contributed by atoms with van der Waals surface area (Å²) >= 11 is 4.83. The van der Waals surface area contributed by atoms with Crippen molar-refractivity contribution >= 4 is 44.5 Å². The molecule has 4 nitrogen and oxygen atoms in total. The van der Waals surface area contributed by atoms with Crippen LogP contribution in [0.3, 0.4) is 0 Å². The van der Waals surface area contributed by atoms with Crippen molar-refractivity contribution in [2.24, 2.45) is 0 Å². The molecule has 1 aromatic carbocycles. The van der Waals surface area contributed by atoms with Gasteiger partial charge in [-0.2, -0.15) is 0 Å². The molecule has 1 fully saturated rings. The standard InChI is InChI=1S/C18H22BrN3OS/c1-3-21-8-10-22(11-9-21)15-5-4-14(12-13(15)2)20-18(23)16-6-7-17(19)24-16/h4-7,12H,3,8-11H2,1-2H3,(H,20,23)/p+1. The number of halogens is 1. The SMILES string of the molecule is CC[NH+]1CCN(c2ccc(NC(=O)c3ccc(Br)s3)cc2C)CC1. The van der Waals surface area contributed by atoms with Crippen molar-refractivity contribution in [2.45, 2.75) is 13.8 Å². The predicted molar refractivity (Wildman–Crippen MR) is 105 cm³/mol. The van der Waals surface area contributed by atoms with Gasteiger partial charge in [-0.1, -0.05) is 0 Å². The highest BCUT2D eigenvalue weighted by atomic mass is 79.9. The van der Waals surface area contributed by atoms with E-state index in [2.05, 4.69) is 52.1 Å². The highest BCUT2D eigenvalue weighted by molar-refractivity contribution is 9.11. The van der Waals surface area contributed by atoms with Gasteiger partial charge in [0.15, 0.2) is 0 Å². The fourth-order valence-corrected chi connectivity index (χ4v) is 4.42. The van der Waals surface area contributed by atoms with E-state index in [0.717, 1.165) is 22.6 Å². The molecule has 0 bridgehead atoms. The smallest absolute Gasteiger partial charge is 0.265 e. The third-order valence-electron chi connectivity index (χ3n) is 4.56. The number of piperazine rings is 1. The molecule has 1 aliphatic heterocycles. The molecule has 2 heterocycles. The Labute approximate surface area is 155 Å². The Balaban J connectivity index is 1.67. The zero-order chi connectivity index (χ0) is 17.1. The Morgan fingerprint density at radius 3 is 2.62 bits per heavy atom. The lowest BCUT2D eigenvalue weighted by molar-refractivity contribution is -0.898. The van der Waals surface area contributed by atoms with E-state index >= 15 is 0 Å². The van der Waals surface area contributed by atoms with E-state index in [9.17, 15) is 4.79 Å². The number of thiophene rings is 1. The zero-order valence-electron chi connectivity index (χ0n) is 14.1. The Hall–Kier alpha value is -1.37. The lowest BCUT2D eigenvalue weighted by Gasteiger charge is -2.34. The summed E-state index contributed by atoms with van der Waals surface area (Å²) in [6.45, 7) is 10.2. The topological polar surface area (TPSA) is 36.8 Å². The highest BCUT2D eigenvalue weighted by Gasteiger charge is 2.20. The lowest BCUT2D eigenvalue weighted by Crippen LogP contribution is -3.14. The van der Waals surface area contributed by atoms with Crippen LogP contribution in [-0.2, 0) is 0 Å². The molecule has 0 saturated carbocycles. The van der Waals surface area contributed by atoms with Crippen LogP contribution in [0.2, 0.25) is 0 Å². The summed E-state index contributed by atoms with van der Waals surface area (Å²) in [5, 5.41) is 2.99. The van der Waals surface area contributed by atoms with Crippen molar-refractivity contribution in [1.29, 1.82) is 0 Å². The molecule has 24 heavy (non-hydrogen) atoms. The normalized spacial score (nSPS) is 15.5. The first-order chi connectivity index (χ1) is 11.6. The molecular formula is C18H23BrN3OS+. The summed E-state index contributed by atoms with van der Waals surface area (Å²) in [7, 11) is 0. The summed E-state index contributed by atoms with van der Waals surface area (Å²) in [5.41, 5.74) is 3.34. The molecule has 0 atom stereocenters. The number of quaternary nitrogens is 1. The zero-order valence-corrected chi connectivity index (χ0v) is 16.5. The number of nitrogens with zero attached hydrogens (tertiary/aromatic N) is 1. The van der Waals surface area contributed by atoms with Crippen LogP contribution in [0.5, 0.6) is 0 Å².